The Morgan fingerprint density at radius 3 is 1.89 bits per heavy atom. The number of rotatable bonds is 1. The highest BCUT2D eigenvalue weighted by atomic mass is 32.2. The molecule has 0 amide bonds. The van der Waals surface area contributed by atoms with Crippen LogP contribution in [0.4, 0.5) is 0 Å². The summed E-state index contributed by atoms with van der Waals surface area (Å²) in [5, 5.41) is 0. The normalized spacial score (nSPS) is 25.0. The second-order valence-electron chi connectivity index (χ2n) is 6.80. The van der Waals surface area contributed by atoms with Gasteiger partial charge in [0.15, 0.2) is 0 Å². The maximum atomic E-state index is 11.8. The molecular formula is C15H31NO2S. The molecule has 0 aromatic heterocycles. The van der Waals surface area contributed by atoms with Crippen molar-refractivity contribution in [2.45, 2.75) is 71.6 Å². The first-order valence-electron chi connectivity index (χ1n) is 7.76. The summed E-state index contributed by atoms with van der Waals surface area (Å²) in [6, 6.07) is 0. The SMILES string of the molecule is CC1(C)CCCCCCCCN(S(C)(=O)=O)CCC1. The standard InChI is InChI=1S/C15H31NO2S/c1-15(2)11-8-6-4-5-7-9-13-16(14-10-12-15)19(3,17)18/h4-14H2,1-3H3. The highest BCUT2D eigenvalue weighted by Crippen LogP contribution is 2.30. The molecule has 0 aromatic carbocycles. The van der Waals surface area contributed by atoms with Crippen LogP contribution in [0.1, 0.15) is 71.6 Å². The average molecular weight is 289 g/mol. The van der Waals surface area contributed by atoms with E-state index in [9.17, 15) is 8.42 Å². The van der Waals surface area contributed by atoms with Gasteiger partial charge in [0, 0.05) is 13.1 Å². The van der Waals surface area contributed by atoms with Crippen LogP contribution >= 0.6 is 0 Å². The highest BCUT2D eigenvalue weighted by molar-refractivity contribution is 7.88. The van der Waals surface area contributed by atoms with E-state index in [2.05, 4.69) is 13.8 Å². The lowest BCUT2D eigenvalue weighted by atomic mass is 9.82. The summed E-state index contributed by atoms with van der Waals surface area (Å²) in [7, 11) is -3.03. The second kappa shape index (κ2) is 7.63. The Hall–Kier alpha value is -0.0900. The molecule has 0 radical (unpaired) electrons. The summed E-state index contributed by atoms with van der Waals surface area (Å²) >= 11 is 0. The molecule has 1 aliphatic heterocycles. The third-order valence-electron chi connectivity index (χ3n) is 4.24. The molecule has 0 atom stereocenters. The number of hydrogen-bond donors (Lipinski definition) is 0. The van der Waals surface area contributed by atoms with Gasteiger partial charge in [0.2, 0.25) is 10.0 Å². The van der Waals surface area contributed by atoms with Crippen molar-refractivity contribution in [1.82, 2.24) is 4.31 Å². The average Bonchev–Trinajstić information content (AvgIpc) is 2.29. The molecule has 0 N–H and O–H groups in total. The summed E-state index contributed by atoms with van der Waals surface area (Å²) in [6.07, 6.45) is 12.1. The minimum Gasteiger partial charge on any atom is -0.213 e. The van der Waals surface area contributed by atoms with E-state index in [1.165, 1.54) is 38.4 Å². The van der Waals surface area contributed by atoms with Gasteiger partial charge in [0.1, 0.15) is 0 Å². The fraction of sp³-hybridized carbons (Fsp3) is 1.00. The fourth-order valence-corrected chi connectivity index (χ4v) is 3.82. The van der Waals surface area contributed by atoms with Gasteiger partial charge in [0.25, 0.3) is 0 Å². The molecule has 0 saturated carbocycles. The van der Waals surface area contributed by atoms with E-state index in [4.69, 9.17) is 0 Å². The van der Waals surface area contributed by atoms with E-state index in [0.29, 0.717) is 18.5 Å². The second-order valence-corrected chi connectivity index (χ2v) is 8.78. The Labute approximate surface area is 119 Å². The smallest absolute Gasteiger partial charge is 0.211 e. The van der Waals surface area contributed by atoms with Crippen LogP contribution in [0.15, 0.2) is 0 Å². The summed E-state index contributed by atoms with van der Waals surface area (Å²) in [4.78, 5) is 0. The molecule has 1 rings (SSSR count). The lowest BCUT2D eigenvalue weighted by Crippen LogP contribution is -2.32. The highest BCUT2D eigenvalue weighted by Gasteiger charge is 2.20. The van der Waals surface area contributed by atoms with Crippen molar-refractivity contribution in [3.63, 3.8) is 0 Å². The van der Waals surface area contributed by atoms with Gasteiger partial charge in [-0.3, -0.25) is 0 Å². The third-order valence-corrected chi connectivity index (χ3v) is 5.54. The molecule has 1 saturated heterocycles. The minimum absolute atomic E-state index is 0.358. The van der Waals surface area contributed by atoms with Crippen LogP contribution in [0.5, 0.6) is 0 Å². The Bertz CT molecular complexity index is 349. The van der Waals surface area contributed by atoms with Crippen molar-refractivity contribution in [2.75, 3.05) is 19.3 Å². The molecule has 1 aliphatic rings. The topological polar surface area (TPSA) is 37.4 Å². The van der Waals surface area contributed by atoms with Crippen molar-refractivity contribution in [2.24, 2.45) is 5.41 Å². The van der Waals surface area contributed by atoms with E-state index in [1.54, 1.807) is 4.31 Å². The largest absolute Gasteiger partial charge is 0.213 e. The van der Waals surface area contributed by atoms with Gasteiger partial charge in [-0.15, -0.1) is 0 Å². The van der Waals surface area contributed by atoms with Crippen LogP contribution in [0.25, 0.3) is 0 Å². The number of nitrogens with zero attached hydrogens (tertiary/aromatic N) is 1. The zero-order chi connectivity index (χ0) is 14.4. The fourth-order valence-electron chi connectivity index (χ4n) is 2.90. The summed E-state index contributed by atoms with van der Waals surface area (Å²) in [5.41, 5.74) is 0.358. The van der Waals surface area contributed by atoms with E-state index < -0.39 is 10.0 Å². The molecule has 19 heavy (non-hydrogen) atoms. The molecule has 0 spiro atoms. The van der Waals surface area contributed by atoms with Crippen molar-refractivity contribution in [3.8, 4) is 0 Å². The van der Waals surface area contributed by atoms with Crippen LogP contribution in [-0.2, 0) is 10.0 Å². The minimum atomic E-state index is -3.03. The quantitative estimate of drug-likeness (QED) is 0.736. The summed E-state index contributed by atoms with van der Waals surface area (Å²) in [5.74, 6) is 0. The van der Waals surface area contributed by atoms with Crippen molar-refractivity contribution in [3.05, 3.63) is 0 Å². The zero-order valence-electron chi connectivity index (χ0n) is 13.0. The van der Waals surface area contributed by atoms with Gasteiger partial charge in [-0.05, 0) is 31.1 Å². The molecule has 1 fully saturated rings. The molecule has 0 unspecified atom stereocenters. The molecule has 3 nitrogen and oxygen atoms in total. The molecule has 1 heterocycles. The first-order valence-corrected chi connectivity index (χ1v) is 9.61. The van der Waals surface area contributed by atoms with Gasteiger partial charge in [-0.25, -0.2) is 12.7 Å². The van der Waals surface area contributed by atoms with E-state index in [0.717, 1.165) is 25.7 Å². The van der Waals surface area contributed by atoms with Crippen LogP contribution in [0, 0.1) is 5.41 Å². The Balaban J connectivity index is 2.59. The van der Waals surface area contributed by atoms with Crippen molar-refractivity contribution in [1.29, 1.82) is 0 Å². The van der Waals surface area contributed by atoms with E-state index >= 15 is 0 Å². The molecule has 4 heteroatoms. The van der Waals surface area contributed by atoms with Crippen molar-refractivity contribution >= 4 is 10.0 Å². The maximum absolute atomic E-state index is 11.8. The van der Waals surface area contributed by atoms with Crippen LogP contribution in [0.3, 0.4) is 0 Å². The number of sulfonamides is 1. The molecule has 0 aliphatic carbocycles. The van der Waals surface area contributed by atoms with Crippen LogP contribution in [0.2, 0.25) is 0 Å². The van der Waals surface area contributed by atoms with Crippen molar-refractivity contribution < 1.29 is 8.42 Å². The van der Waals surface area contributed by atoms with Gasteiger partial charge in [-0.1, -0.05) is 46.0 Å². The maximum Gasteiger partial charge on any atom is 0.211 e. The zero-order valence-corrected chi connectivity index (χ0v) is 13.8. The summed E-state index contributed by atoms with van der Waals surface area (Å²) in [6.45, 7) is 6.04. The Morgan fingerprint density at radius 2 is 1.26 bits per heavy atom. The van der Waals surface area contributed by atoms with E-state index in [1.807, 2.05) is 0 Å². The van der Waals surface area contributed by atoms with Gasteiger partial charge < -0.3 is 0 Å². The number of hydrogen-bond acceptors (Lipinski definition) is 2. The van der Waals surface area contributed by atoms with Crippen LogP contribution in [-0.4, -0.2) is 32.1 Å². The Kier molecular flexibility index (Phi) is 6.81. The van der Waals surface area contributed by atoms with Gasteiger partial charge in [0.05, 0.1) is 6.26 Å². The lowest BCUT2D eigenvalue weighted by molar-refractivity contribution is 0.274. The molecule has 0 aromatic rings. The summed E-state index contributed by atoms with van der Waals surface area (Å²) < 4.78 is 25.2. The van der Waals surface area contributed by atoms with Crippen LogP contribution < -0.4 is 0 Å². The predicted molar refractivity (Wildman–Crippen MR) is 81.8 cm³/mol. The third kappa shape index (κ3) is 7.31. The monoisotopic (exact) mass is 289 g/mol. The van der Waals surface area contributed by atoms with Gasteiger partial charge in [-0.2, -0.15) is 0 Å². The Morgan fingerprint density at radius 1 is 0.789 bits per heavy atom. The van der Waals surface area contributed by atoms with E-state index in [-0.39, 0.29) is 0 Å². The molecular weight excluding hydrogens is 258 g/mol. The lowest BCUT2D eigenvalue weighted by Gasteiger charge is -2.26. The molecule has 0 bridgehead atoms. The predicted octanol–water partition coefficient (Wildman–Crippen LogP) is 3.80. The first kappa shape index (κ1) is 17.0. The molecule has 114 valence electrons. The first-order chi connectivity index (χ1) is 8.81. The van der Waals surface area contributed by atoms with Gasteiger partial charge >= 0.3 is 0 Å².